The molecule has 162 valence electrons. The van der Waals surface area contributed by atoms with Crippen LogP contribution in [0.15, 0.2) is 60.7 Å². The average Bonchev–Trinajstić information content (AvgIpc) is 3.27. The molecule has 7 heteroatoms. The highest BCUT2D eigenvalue weighted by molar-refractivity contribution is 6.33. The minimum atomic E-state index is -0.489. The maximum Gasteiger partial charge on any atom is 0.166 e. The topological polar surface area (TPSA) is 77.4 Å². The van der Waals surface area contributed by atoms with Gasteiger partial charge in [0.05, 0.1) is 16.1 Å². The molecule has 0 aliphatic heterocycles. The summed E-state index contributed by atoms with van der Waals surface area (Å²) in [4.78, 5) is 12.2. The number of imidazole rings is 1. The van der Waals surface area contributed by atoms with E-state index < -0.39 is 5.82 Å². The smallest absolute Gasteiger partial charge is 0.166 e. The molecule has 0 saturated carbocycles. The fraction of sp³-hybridized carbons (Fsp3) is 0.115. The molecular weight excluding hydrogens is 437 g/mol. The summed E-state index contributed by atoms with van der Waals surface area (Å²) in [6.45, 7) is 3.05. The number of nitriles is 1. The highest BCUT2D eigenvalue weighted by Crippen LogP contribution is 2.34. The van der Waals surface area contributed by atoms with E-state index in [-0.39, 0.29) is 22.1 Å². The fourth-order valence-corrected chi connectivity index (χ4v) is 4.15. The van der Waals surface area contributed by atoms with Crippen molar-refractivity contribution in [3.8, 4) is 28.6 Å². The molecule has 0 amide bonds. The molecule has 2 heterocycles. The van der Waals surface area contributed by atoms with Crippen LogP contribution >= 0.6 is 11.6 Å². The van der Waals surface area contributed by atoms with Gasteiger partial charge in [0.1, 0.15) is 28.7 Å². The Morgan fingerprint density at radius 3 is 2.58 bits per heavy atom. The Kier molecular flexibility index (Phi) is 5.41. The van der Waals surface area contributed by atoms with Crippen LogP contribution in [0.3, 0.4) is 0 Å². The third kappa shape index (κ3) is 3.77. The van der Waals surface area contributed by atoms with Gasteiger partial charge in [0, 0.05) is 17.6 Å². The van der Waals surface area contributed by atoms with Crippen molar-refractivity contribution in [1.29, 1.82) is 5.26 Å². The lowest BCUT2D eigenvalue weighted by atomic mass is 10.0. The van der Waals surface area contributed by atoms with E-state index in [1.165, 1.54) is 12.1 Å². The first-order valence-electron chi connectivity index (χ1n) is 10.6. The van der Waals surface area contributed by atoms with E-state index >= 15 is 0 Å². The van der Waals surface area contributed by atoms with Crippen molar-refractivity contribution in [2.45, 2.75) is 13.3 Å². The van der Waals surface area contributed by atoms with E-state index in [0.29, 0.717) is 16.6 Å². The molecule has 33 heavy (non-hydrogen) atoms. The normalized spacial score (nSPS) is 11.1. The largest absolute Gasteiger partial charge is 0.385 e. The second-order valence-corrected chi connectivity index (χ2v) is 8.12. The molecule has 0 atom stereocenters. The monoisotopic (exact) mass is 455 g/mol. The van der Waals surface area contributed by atoms with E-state index in [0.717, 1.165) is 35.2 Å². The van der Waals surface area contributed by atoms with E-state index in [9.17, 15) is 9.65 Å². The molecule has 0 radical (unpaired) electrons. The third-order valence-electron chi connectivity index (χ3n) is 5.53. The molecule has 0 saturated heterocycles. The molecule has 2 aromatic heterocycles. The Morgan fingerprint density at radius 2 is 1.85 bits per heavy atom. The first-order valence-corrected chi connectivity index (χ1v) is 11.0. The van der Waals surface area contributed by atoms with Gasteiger partial charge in [0.2, 0.25) is 0 Å². The minimum absolute atomic E-state index is 0.167. The first kappa shape index (κ1) is 20.9. The van der Waals surface area contributed by atoms with Gasteiger partial charge < -0.3 is 10.3 Å². The van der Waals surface area contributed by atoms with Gasteiger partial charge in [0.25, 0.3) is 0 Å². The van der Waals surface area contributed by atoms with Gasteiger partial charge >= 0.3 is 0 Å². The molecule has 0 unspecified atom stereocenters. The summed E-state index contributed by atoms with van der Waals surface area (Å²) in [5.74, 6) is -0.227. The number of pyridine rings is 1. The van der Waals surface area contributed by atoms with Crippen molar-refractivity contribution in [3.05, 3.63) is 77.2 Å². The highest BCUT2D eigenvalue weighted by atomic mass is 35.5. The molecule has 0 bridgehead atoms. The molecule has 5 nitrogen and oxygen atoms in total. The molecule has 0 spiro atoms. The second-order valence-electron chi connectivity index (χ2n) is 7.71. The number of aromatic nitrogens is 3. The predicted molar refractivity (Wildman–Crippen MR) is 131 cm³/mol. The number of nitrogens with one attached hydrogen (secondary N) is 2. The Morgan fingerprint density at radius 1 is 1.06 bits per heavy atom. The number of fused-ring (bicyclic) bond motifs is 3. The number of hydrogen-bond donors (Lipinski definition) is 2. The van der Waals surface area contributed by atoms with E-state index in [1.54, 1.807) is 6.07 Å². The lowest BCUT2D eigenvalue weighted by molar-refractivity contribution is 0.630. The van der Waals surface area contributed by atoms with Crippen LogP contribution in [0.25, 0.3) is 44.5 Å². The number of hydrogen-bond acceptors (Lipinski definition) is 4. The fourth-order valence-electron chi connectivity index (χ4n) is 3.89. The Bertz CT molecular complexity index is 1510. The van der Waals surface area contributed by atoms with Gasteiger partial charge in [-0.1, -0.05) is 42.8 Å². The summed E-state index contributed by atoms with van der Waals surface area (Å²) >= 11 is 6.23. The number of rotatable bonds is 5. The van der Waals surface area contributed by atoms with Crippen LogP contribution in [-0.2, 0) is 0 Å². The van der Waals surface area contributed by atoms with E-state index in [1.807, 2.05) is 30.3 Å². The van der Waals surface area contributed by atoms with Gasteiger partial charge in [-0.2, -0.15) is 5.26 Å². The van der Waals surface area contributed by atoms with E-state index in [4.69, 9.17) is 11.6 Å². The van der Waals surface area contributed by atoms with Crippen molar-refractivity contribution in [2.75, 3.05) is 11.9 Å². The van der Waals surface area contributed by atoms with Crippen LogP contribution in [0, 0.1) is 17.1 Å². The van der Waals surface area contributed by atoms with Gasteiger partial charge in [-0.3, -0.25) is 0 Å². The molecule has 3 aromatic carbocycles. The van der Waals surface area contributed by atoms with Crippen molar-refractivity contribution in [3.63, 3.8) is 0 Å². The second kappa shape index (κ2) is 8.53. The molecular formula is C26H19ClFN5. The zero-order chi connectivity index (χ0) is 22.9. The summed E-state index contributed by atoms with van der Waals surface area (Å²) in [6, 6.07) is 20.6. The summed E-state index contributed by atoms with van der Waals surface area (Å²) in [5.41, 5.74) is 5.11. The molecule has 0 fully saturated rings. The quantitative estimate of drug-likeness (QED) is 0.301. The Labute approximate surface area is 194 Å². The molecule has 5 aromatic rings. The predicted octanol–water partition coefficient (Wildman–Crippen LogP) is 6.93. The summed E-state index contributed by atoms with van der Waals surface area (Å²) < 4.78 is 14.5. The number of halogens is 2. The van der Waals surface area contributed by atoms with Crippen molar-refractivity contribution in [2.24, 2.45) is 0 Å². The number of anilines is 1. The number of nitrogens with zero attached hydrogens (tertiary/aromatic N) is 3. The number of aromatic amines is 1. The standard InChI is InChI=1S/C26H19ClFN5/c1-2-12-30-17-9-6-15(7-10-17)16-8-11-18-21(13-16)31-22(14-29)25-24(18)32-26(33-25)23-19(27)4-3-5-20(23)28/h3-11,13,30H,2,12H2,1H3,(H,32,33). The molecule has 5 rings (SSSR count). The third-order valence-corrected chi connectivity index (χ3v) is 5.84. The Balaban J connectivity index is 1.63. The summed E-state index contributed by atoms with van der Waals surface area (Å²) in [7, 11) is 0. The molecule has 0 aliphatic rings. The SMILES string of the molecule is CCCNc1ccc(-c2ccc3c(c2)nc(C#N)c2[nH]c(-c4c(F)cccc4Cl)nc23)cc1. The highest BCUT2D eigenvalue weighted by Gasteiger charge is 2.18. The maximum atomic E-state index is 14.5. The first-order chi connectivity index (χ1) is 16.1. The lowest BCUT2D eigenvalue weighted by Gasteiger charge is -2.08. The molecule has 2 N–H and O–H groups in total. The van der Waals surface area contributed by atoms with Crippen LogP contribution < -0.4 is 5.32 Å². The van der Waals surface area contributed by atoms with Crippen molar-refractivity contribution in [1.82, 2.24) is 15.0 Å². The zero-order valence-corrected chi connectivity index (χ0v) is 18.5. The average molecular weight is 456 g/mol. The van der Waals surface area contributed by atoms with Crippen molar-refractivity contribution < 1.29 is 4.39 Å². The maximum absolute atomic E-state index is 14.5. The Hall–Kier alpha value is -3.95. The number of benzene rings is 3. The number of H-pyrrole nitrogens is 1. The van der Waals surface area contributed by atoms with Crippen molar-refractivity contribution >= 4 is 39.2 Å². The van der Waals surface area contributed by atoms with Gasteiger partial charge in [-0.25, -0.2) is 14.4 Å². The van der Waals surface area contributed by atoms with Crippen LogP contribution in [-0.4, -0.2) is 21.5 Å². The van der Waals surface area contributed by atoms with Gasteiger partial charge in [-0.05, 0) is 53.9 Å². The minimum Gasteiger partial charge on any atom is -0.385 e. The summed E-state index contributed by atoms with van der Waals surface area (Å²) in [6.07, 6.45) is 1.06. The summed E-state index contributed by atoms with van der Waals surface area (Å²) in [5, 5.41) is 14.1. The van der Waals surface area contributed by atoms with Gasteiger partial charge in [0.15, 0.2) is 5.69 Å². The lowest BCUT2D eigenvalue weighted by Crippen LogP contribution is -1.98. The van der Waals surface area contributed by atoms with Crippen LogP contribution in [0.5, 0.6) is 0 Å². The molecule has 0 aliphatic carbocycles. The van der Waals surface area contributed by atoms with E-state index in [2.05, 4.69) is 45.4 Å². The van der Waals surface area contributed by atoms with Gasteiger partial charge in [-0.15, -0.1) is 0 Å². The van der Waals surface area contributed by atoms with Crippen LogP contribution in [0.4, 0.5) is 10.1 Å². The zero-order valence-electron chi connectivity index (χ0n) is 17.8. The van der Waals surface area contributed by atoms with Crippen LogP contribution in [0.1, 0.15) is 19.0 Å². The van der Waals surface area contributed by atoms with Crippen LogP contribution in [0.2, 0.25) is 5.02 Å².